The number of hydrogen-bond donors (Lipinski definition) is 4. The quantitative estimate of drug-likeness (QED) is 0.0954. The molecule has 4 N–H and O–H groups in total. The van der Waals surface area contributed by atoms with Crippen molar-refractivity contribution >= 4 is 34.9 Å². The summed E-state index contributed by atoms with van der Waals surface area (Å²) in [6.07, 6.45) is 6.00. The van der Waals surface area contributed by atoms with Crippen molar-refractivity contribution in [3.05, 3.63) is 91.2 Å². The fourth-order valence-electron chi connectivity index (χ4n) is 4.19. The minimum absolute atomic E-state index is 0.558. The van der Waals surface area contributed by atoms with E-state index in [4.69, 9.17) is 35.0 Å². The van der Waals surface area contributed by atoms with Gasteiger partial charge in [-0.05, 0) is 89.6 Å². The van der Waals surface area contributed by atoms with Gasteiger partial charge in [0.2, 0.25) is 0 Å². The minimum Gasteiger partial charge on any atom is -0.494 e. The van der Waals surface area contributed by atoms with E-state index in [1.807, 2.05) is 47.1 Å². The van der Waals surface area contributed by atoms with Crippen LogP contribution in [0, 0.1) is 0 Å². The Morgan fingerprint density at radius 3 is 1.69 bits per heavy atom. The van der Waals surface area contributed by atoms with Crippen LogP contribution in [0.1, 0.15) is 12.8 Å². The molecule has 0 aliphatic heterocycles. The average Bonchev–Trinajstić information content (AvgIpc) is 3.47. The van der Waals surface area contributed by atoms with E-state index in [9.17, 15) is 19.2 Å². The normalized spacial score (nSPS) is 10.9. The maximum atomic E-state index is 9.55. The molecule has 0 spiro atoms. The SMILES string of the molecule is CN(C)CCCOc1ccc(-c2nn(-c3cccc(OCCCN(C)C)c3)c3ncccc23)cc1.O=C(O)/C=C/C(=O)O.O=C(O)/C=C/C(=O)O. The van der Waals surface area contributed by atoms with Crippen molar-refractivity contribution in [3.63, 3.8) is 0 Å². The number of ether oxygens (including phenoxy) is 2. The summed E-state index contributed by atoms with van der Waals surface area (Å²) in [7, 11) is 8.29. The van der Waals surface area contributed by atoms with Gasteiger partial charge >= 0.3 is 23.9 Å². The number of fused-ring (bicyclic) bond motifs is 1. The summed E-state index contributed by atoms with van der Waals surface area (Å²) in [5.74, 6) is -3.33. The van der Waals surface area contributed by atoms with Gasteiger partial charge in [0.05, 0.1) is 18.9 Å². The molecule has 2 heterocycles. The zero-order chi connectivity index (χ0) is 37.8. The van der Waals surface area contributed by atoms with Crippen molar-refractivity contribution in [2.45, 2.75) is 12.8 Å². The van der Waals surface area contributed by atoms with Crippen LogP contribution < -0.4 is 9.47 Å². The van der Waals surface area contributed by atoms with Crippen LogP contribution in [0.3, 0.4) is 0 Å². The molecule has 0 unspecified atom stereocenters. The van der Waals surface area contributed by atoms with Crippen LogP contribution in [-0.4, -0.2) is 123 Å². The molecule has 2 aromatic carbocycles. The summed E-state index contributed by atoms with van der Waals surface area (Å²) >= 11 is 0. The monoisotopic (exact) mass is 705 g/mol. The van der Waals surface area contributed by atoms with Crippen molar-refractivity contribution in [1.82, 2.24) is 24.6 Å². The second kappa shape index (κ2) is 21.8. The summed E-state index contributed by atoms with van der Waals surface area (Å²) in [6.45, 7) is 3.38. The smallest absolute Gasteiger partial charge is 0.328 e. The lowest BCUT2D eigenvalue weighted by atomic mass is 10.1. The first-order valence-electron chi connectivity index (χ1n) is 15.6. The molecular formula is C36H43N5O10. The first kappa shape index (κ1) is 41.1. The Labute approximate surface area is 295 Å². The topological polar surface area (TPSA) is 205 Å². The number of aliphatic carboxylic acids is 4. The second-order valence-electron chi connectivity index (χ2n) is 11.2. The Hall–Kier alpha value is -6.06. The van der Waals surface area contributed by atoms with E-state index in [0.29, 0.717) is 37.5 Å². The third-order valence-electron chi connectivity index (χ3n) is 6.41. The van der Waals surface area contributed by atoms with Crippen LogP contribution >= 0.6 is 0 Å². The number of pyridine rings is 1. The highest BCUT2D eigenvalue weighted by Gasteiger charge is 2.15. The standard InChI is InChI=1S/C28H35N5O2.2C4H4O4/c1-31(2)17-7-19-34-24-14-12-22(13-15-24)27-26-11-6-16-29-28(26)33(30-27)23-9-5-10-25(21-23)35-20-8-18-32(3)4;2*5-3(6)1-2-4(7)8/h5-6,9-16,21H,7-8,17-20H2,1-4H3;2*1-2H,(H,5,6)(H,7,8)/b;2*2-1+. The van der Waals surface area contributed by atoms with Crippen molar-refractivity contribution in [1.29, 1.82) is 0 Å². The molecule has 51 heavy (non-hydrogen) atoms. The van der Waals surface area contributed by atoms with Crippen molar-refractivity contribution in [2.24, 2.45) is 0 Å². The van der Waals surface area contributed by atoms with E-state index < -0.39 is 23.9 Å². The third kappa shape index (κ3) is 16.3. The van der Waals surface area contributed by atoms with E-state index >= 15 is 0 Å². The summed E-state index contributed by atoms with van der Waals surface area (Å²) in [6, 6.07) is 20.2. The van der Waals surface area contributed by atoms with E-state index in [0.717, 1.165) is 65.4 Å². The molecular weight excluding hydrogens is 662 g/mol. The van der Waals surface area contributed by atoms with E-state index in [2.05, 4.69) is 61.2 Å². The van der Waals surface area contributed by atoms with Gasteiger partial charge in [-0.3, -0.25) is 0 Å². The summed E-state index contributed by atoms with van der Waals surface area (Å²) in [5, 5.41) is 37.2. The van der Waals surface area contributed by atoms with Gasteiger partial charge in [-0.2, -0.15) is 5.10 Å². The number of aromatic nitrogens is 3. The van der Waals surface area contributed by atoms with Gasteiger partial charge in [0.1, 0.15) is 17.2 Å². The van der Waals surface area contributed by atoms with Crippen LogP contribution in [0.2, 0.25) is 0 Å². The molecule has 0 amide bonds. The molecule has 4 aromatic rings. The molecule has 0 saturated carbocycles. The number of carboxylic acids is 4. The highest BCUT2D eigenvalue weighted by Crippen LogP contribution is 2.30. The number of hydrogen-bond acceptors (Lipinski definition) is 10. The van der Waals surface area contributed by atoms with Gasteiger partial charge in [0, 0.05) is 60.6 Å². The number of benzene rings is 2. The van der Waals surface area contributed by atoms with Gasteiger partial charge < -0.3 is 39.7 Å². The summed E-state index contributed by atoms with van der Waals surface area (Å²) in [4.78, 5) is 47.2. The fourth-order valence-corrected chi connectivity index (χ4v) is 4.19. The lowest BCUT2D eigenvalue weighted by molar-refractivity contribution is -0.134. The van der Waals surface area contributed by atoms with Crippen LogP contribution in [-0.2, 0) is 19.2 Å². The first-order valence-corrected chi connectivity index (χ1v) is 15.6. The lowest BCUT2D eigenvalue weighted by Crippen LogP contribution is -2.15. The first-order chi connectivity index (χ1) is 24.3. The lowest BCUT2D eigenvalue weighted by Gasteiger charge is -2.11. The highest BCUT2D eigenvalue weighted by molar-refractivity contribution is 5.92. The Bertz CT molecular complexity index is 1720. The molecule has 0 saturated heterocycles. The predicted molar refractivity (Wildman–Crippen MR) is 190 cm³/mol. The average molecular weight is 706 g/mol. The molecule has 0 aliphatic rings. The third-order valence-corrected chi connectivity index (χ3v) is 6.41. The molecule has 15 heteroatoms. The molecule has 15 nitrogen and oxygen atoms in total. The molecule has 0 bridgehead atoms. The van der Waals surface area contributed by atoms with Gasteiger partial charge in [-0.25, -0.2) is 28.8 Å². The Morgan fingerprint density at radius 1 is 0.686 bits per heavy atom. The van der Waals surface area contributed by atoms with E-state index in [-0.39, 0.29) is 0 Å². The number of nitrogens with zero attached hydrogens (tertiary/aromatic N) is 5. The van der Waals surface area contributed by atoms with Crippen molar-refractivity contribution in [3.8, 4) is 28.4 Å². The second-order valence-corrected chi connectivity index (χ2v) is 11.2. The van der Waals surface area contributed by atoms with Gasteiger partial charge in [-0.1, -0.05) is 6.07 Å². The molecule has 0 aliphatic carbocycles. The molecule has 4 rings (SSSR count). The van der Waals surface area contributed by atoms with Gasteiger partial charge in [-0.15, -0.1) is 0 Å². The Balaban J connectivity index is 0.000000468. The fraction of sp³-hybridized carbons (Fsp3) is 0.278. The summed E-state index contributed by atoms with van der Waals surface area (Å²) < 4.78 is 13.8. The maximum absolute atomic E-state index is 9.55. The van der Waals surface area contributed by atoms with E-state index in [1.165, 1.54) is 0 Å². The number of rotatable bonds is 16. The molecule has 0 atom stereocenters. The van der Waals surface area contributed by atoms with Gasteiger partial charge in [0.15, 0.2) is 5.65 Å². The highest BCUT2D eigenvalue weighted by atomic mass is 16.5. The van der Waals surface area contributed by atoms with Gasteiger partial charge in [0.25, 0.3) is 0 Å². The zero-order valence-electron chi connectivity index (χ0n) is 28.9. The predicted octanol–water partition coefficient (Wildman–Crippen LogP) is 4.17. The van der Waals surface area contributed by atoms with Crippen LogP contribution in [0.15, 0.2) is 91.2 Å². The van der Waals surface area contributed by atoms with Crippen molar-refractivity contribution in [2.75, 3.05) is 54.5 Å². The van der Waals surface area contributed by atoms with Crippen molar-refractivity contribution < 1.29 is 49.1 Å². The van der Waals surface area contributed by atoms with Crippen LogP contribution in [0.5, 0.6) is 11.5 Å². The van der Waals surface area contributed by atoms with Crippen LogP contribution in [0.4, 0.5) is 0 Å². The largest absolute Gasteiger partial charge is 0.494 e. The molecule has 272 valence electrons. The molecule has 0 radical (unpaired) electrons. The summed E-state index contributed by atoms with van der Waals surface area (Å²) in [5.41, 5.74) is 3.66. The number of carboxylic acid groups (broad SMARTS) is 4. The molecule has 0 fully saturated rings. The Kier molecular flexibility index (Phi) is 17.6. The minimum atomic E-state index is -1.26. The zero-order valence-corrected chi connectivity index (χ0v) is 28.9. The van der Waals surface area contributed by atoms with E-state index in [1.54, 1.807) is 6.20 Å². The van der Waals surface area contributed by atoms with Crippen LogP contribution in [0.25, 0.3) is 28.0 Å². The number of carbonyl (C=O) groups is 4. The maximum Gasteiger partial charge on any atom is 0.328 e. The Morgan fingerprint density at radius 2 is 1.20 bits per heavy atom. The molecule has 2 aromatic heterocycles.